The second kappa shape index (κ2) is 8.20. The van der Waals surface area contributed by atoms with Crippen LogP contribution in [0, 0.1) is 5.82 Å². The van der Waals surface area contributed by atoms with Gasteiger partial charge in [-0.05, 0) is 48.0 Å². The van der Waals surface area contributed by atoms with Crippen molar-refractivity contribution >= 4 is 40.5 Å². The summed E-state index contributed by atoms with van der Waals surface area (Å²) in [6.45, 7) is 0. The van der Waals surface area contributed by atoms with Crippen LogP contribution in [0.15, 0.2) is 76.2 Å². The van der Waals surface area contributed by atoms with Crippen molar-refractivity contribution in [2.24, 2.45) is 0 Å². The number of thioether (sulfide) groups is 1. The molecule has 7 heteroatoms. The van der Waals surface area contributed by atoms with Crippen molar-refractivity contribution in [3.8, 4) is 0 Å². The number of imide groups is 1. The van der Waals surface area contributed by atoms with Gasteiger partial charge >= 0.3 is 0 Å². The number of benzene rings is 2. The number of rotatable bonds is 6. The lowest BCUT2D eigenvalue weighted by Crippen LogP contribution is -2.31. The molecule has 2 amide bonds. The average molecular weight is 422 g/mol. The zero-order chi connectivity index (χ0) is 21.3. The van der Waals surface area contributed by atoms with Crippen LogP contribution < -0.4 is 9.80 Å². The van der Waals surface area contributed by atoms with Crippen molar-refractivity contribution < 1.29 is 18.4 Å². The van der Waals surface area contributed by atoms with Crippen molar-refractivity contribution in [1.29, 1.82) is 0 Å². The van der Waals surface area contributed by atoms with Crippen LogP contribution in [0.3, 0.4) is 0 Å². The lowest BCUT2D eigenvalue weighted by Gasteiger charge is -2.19. The van der Waals surface area contributed by atoms with E-state index in [1.807, 2.05) is 31.1 Å². The van der Waals surface area contributed by atoms with Crippen molar-refractivity contribution in [2.45, 2.75) is 5.75 Å². The second-order valence-corrected chi connectivity index (χ2v) is 7.92. The molecule has 0 fully saturated rings. The van der Waals surface area contributed by atoms with Crippen LogP contribution in [-0.4, -0.2) is 25.9 Å². The van der Waals surface area contributed by atoms with Gasteiger partial charge in [0.25, 0.3) is 11.8 Å². The Balaban J connectivity index is 1.75. The SMILES string of the molecule is CN(C)c1cccc(N2C(=O)C(SCc3ccco3)=C(c3ccc(F)cc3)C2=O)c1. The number of carbonyl (C=O) groups excluding carboxylic acids is 2. The molecule has 0 radical (unpaired) electrons. The molecule has 0 bridgehead atoms. The minimum Gasteiger partial charge on any atom is -0.468 e. The van der Waals surface area contributed by atoms with Crippen molar-refractivity contribution in [3.05, 3.63) is 89.0 Å². The third-order valence-electron chi connectivity index (χ3n) is 4.72. The van der Waals surface area contributed by atoms with Crippen molar-refractivity contribution in [3.63, 3.8) is 0 Å². The highest BCUT2D eigenvalue weighted by molar-refractivity contribution is 8.03. The number of hydrogen-bond donors (Lipinski definition) is 0. The Kier molecular flexibility index (Phi) is 5.46. The molecule has 2 heterocycles. The molecule has 0 saturated heterocycles. The summed E-state index contributed by atoms with van der Waals surface area (Å²) < 4.78 is 18.8. The van der Waals surface area contributed by atoms with E-state index in [4.69, 9.17) is 4.42 Å². The molecule has 152 valence electrons. The fraction of sp³-hybridized carbons (Fsp3) is 0.130. The van der Waals surface area contributed by atoms with Gasteiger partial charge in [0.1, 0.15) is 11.6 Å². The number of amides is 2. The first-order valence-electron chi connectivity index (χ1n) is 9.27. The van der Waals surface area contributed by atoms with Crippen LogP contribution in [0.1, 0.15) is 11.3 Å². The Hall–Kier alpha value is -3.32. The molecule has 2 aromatic carbocycles. The van der Waals surface area contributed by atoms with Crippen LogP contribution in [0.4, 0.5) is 15.8 Å². The average Bonchev–Trinajstić information content (AvgIpc) is 3.33. The first-order chi connectivity index (χ1) is 14.5. The zero-order valence-corrected chi connectivity index (χ0v) is 17.3. The quantitative estimate of drug-likeness (QED) is 0.539. The molecule has 0 saturated carbocycles. The fourth-order valence-electron chi connectivity index (χ4n) is 3.20. The molecule has 30 heavy (non-hydrogen) atoms. The summed E-state index contributed by atoms with van der Waals surface area (Å²) in [7, 11) is 3.78. The summed E-state index contributed by atoms with van der Waals surface area (Å²) in [5.74, 6) is -0.135. The van der Waals surface area contributed by atoms with E-state index < -0.39 is 17.6 Å². The van der Waals surface area contributed by atoms with E-state index in [1.165, 1.54) is 40.9 Å². The summed E-state index contributed by atoms with van der Waals surface area (Å²) >= 11 is 1.24. The lowest BCUT2D eigenvalue weighted by atomic mass is 10.1. The molecule has 0 N–H and O–H groups in total. The molecular weight excluding hydrogens is 403 g/mol. The van der Waals surface area contributed by atoms with Gasteiger partial charge in [-0.1, -0.05) is 18.2 Å². The van der Waals surface area contributed by atoms with Gasteiger partial charge in [-0.3, -0.25) is 9.59 Å². The van der Waals surface area contributed by atoms with Crippen molar-refractivity contribution in [2.75, 3.05) is 23.9 Å². The minimum absolute atomic E-state index is 0.270. The van der Waals surface area contributed by atoms with Gasteiger partial charge in [0, 0.05) is 19.8 Å². The number of hydrogen-bond acceptors (Lipinski definition) is 5. The maximum absolute atomic E-state index is 13.4. The molecule has 1 aromatic heterocycles. The Morgan fingerprint density at radius 2 is 1.77 bits per heavy atom. The third kappa shape index (κ3) is 3.76. The molecule has 3 aromatic rings. The molecule has 5 nitrogen and oxygen atoms in total. The van der Waals surface area contributed by atoms with Crippen LogP contribution in [0.5, 0.6) is 0 Å². The number of carbonyl (C=O) groups is 2. The van der Waals surface area contributed by atoms with E-state index in [-0.39, 0.29) is 5.57 Å². The molecule has 1 aliphatic rings. The van der Waals surface area contributed by atoms with E-state index in [2.05, 4.69) is 0 Å². The predicted octanol–water partition coefficient (Wildman–Crippen LogP) is 4.70. The summed E-state index contributed by atoms with van der Waals surface area (Å²) in [5, 5.41) is 0. The van der Waals surface area contributed by atoms with E-state index in [9.17, 15) is 14.0 Å². The molecule has 0 aliphatic carbocycles. The molecule has 4 rings (SSSR count). The second-order valence-electron chi connectivity index (χ2n) is 6.94. The molecule has 0 unspecified atom stereocenters. The van der Waals surface area contributed by atoms with Gasteiger partial charge < -0.3 is 9.32 Å². The molecule has 0 atom stereocenters. The van der Waals surface area contributed by atoms with Gasteiger partial charge in [0.05, 0.1) is 28.2 Å². The third-order valence-corrected chi connectivity index (χ3v) is 5.81. The monoisotopic (exact) mass is 422 g/mol. The number of nitrogens with zero attached hydrogens (tertiary/aromatic N) is 2. The summed E-state index contributed by atoms with van der Waals surface area (Å²) in [6, 6.07) is 16.4. The van der Waals surface area contributed by atoms with Crippen LogP contribution in [-0.2, 0) is 15.3 Å². The summed E-state index contributed by atoms with van der Waals surface area (Å²) in [6.07, 6.45) is 1.56. The van der Waals surface area contributed by atoms with Gasteiger partial charge in [-0.2, -0.15) is 0 Å². The van der Waals surface area contributed by atoms with Crippen molar-refractivity contribution in [1.82, 2.24) is 0 Å². The summed E-state index contributed by atoms with van der Waals surface area (Å²) in [4.78, 5) is 30.1. The first-order valence-corrected chi connectivity index (χ1v) is 10.3. The Labute approximate surface area is 177 Å². The fourth-order valence-corrected chi connectivity index (χ4v) is 4.21. The van der Waals surface area contributed by atoms with Gasteiger partial charge in [0.15, 0.2) is 0 Å². The highest BCUT2D eigenvalue weighted by Gasteiger charge is 2.40. The van der Waals surface area contributed by atoms with Gasteiger partial charge in [-0.15, -0.1) is 11.8 Å². The van der Waals surface area contributed by atoms with Crippen LogP contribution >= 0.6 is 11.8 Å². The smallest absolute Gasteiger partial charge is 0.272 e. The van der Waals surface area contributed by atoms with Gasteiger partial charge in [-0.25, -0.2) is 9.29 Å². The zero-order valence-electron chi connectivity index (χ0n) is 16.5. The molecular formula is C23H19FN2O3S. The largest absolute Gasteiger partial charge is 0.468 e. The minimum atomic E-state index is -0.426. The Morgan fingerprint density at radius 3 is 2.43 bits per heavy atom. The van der Waals surface area contributed by atoms with Gasteiger partial charge in [0.2, 0.25) is 0 Å². The molecule has 1 aliphatic heterocycles. The predicted molar refractivity (Wildman–Crippen MR) is 117 cm³/mol. The molecule has 0 spiro atoms. The van der Waals surface area contributed by atoms with E-state index in [0.29, 0.717) is 27.7 Å². The maximum Gasteiger partial charge on any atom is 0.272 e. The number of anilines is 2. The first kappa shape index (κ1) is 20.0. The van der Waals surface area contributed by atoms with E-state index in [1.54, 1.807) is 30.5 Å². The highest BCUT2D eigenvalue weighted by Crippen LogP contribution is 2.40. The maximum atomic E-state index is 13.4. The van der Waals surface area contributed by atoms with E-state index >= 15 is 0 Å². The van der Waals surface area contributed by atoms with E-state index in [0.717, 1.165) is 5.69 Å². The lowest BCUT2D eigenvalue weighted by molar-refractivity contribution is -0.119. The number of furan rings is 1. The number of halogens is 1. The van der Waals surface area contributed by atoms with Crippen LogP contribution in [0.25, 0.3) is 5.57 Å². The highest BCUT2D eigenvalue weighted by atomic mass is 32.2. The Morgan fingerprint density at radius 1 is 1.00 bits per heavy atom. The topological polar surface area (TPSA) is 53.8 Å². The summed E-state index contributed by atoms with van der Waals surface area (Å²) in [5.41, 5.74) is 2.13. The van der Waals surface area contributed by atoms with Crippen LogP contribution in [0.2, 0.25) is 0 Å². The normalized spacial score (nSPS) is 14.0. The Bertz CT molecular complexity index is 1120. The standard InChI is InChI=1S/C23H19FN2O3S/c1-25(2)17-5-3-6-18(13-17)26-22(27)20(15-8-10-16(24)11-9-15)21(23(26)28)30-14-19-7-4-12-29-19/h3-13H,14H2,1-2H3.